The highest BCUT2D eigenvalue weighted by Crippen LogP contribution is 2.18. The van der Waals surface area contributed by atoms with Crippen LogP contribution in [0.2, 0.25) is 5.02 Å². The largest absolute Gasteiger partial charge is 0.315 e. The number of nitrogens with one attached hydrogen (secondary N) is 1. The van der Waals surface area contributed by atoms with E-state index in [1.54, 1.807) is 12.1 Å². The summed E-state index contributed by atoms with van der Waals surface area (Å²) in [7, 11) is 2.08. The first-order valence-electron chi connectivity index (χ1n) is 5.97. The van der Waals surface area contributed by atoms with E-state index in [2.05, 4.69) is 24.2 Å². The van der Waals surface area contributed by atoms with Gasteiger partial charge in [-0.05, 0) is 38.7 Å². The second-order valence-corrected chi connectivity index (χ2v) is 4.50. The predicted molar refractivity (Wildman–Crippen MR) is 71.2 cm³/mol. The summed E-state index contributed by atoms with van der Waals surface area (Å²) in [4.78, 5) is 2.23. The minimum atomic E-state index is -0.218. The van der Waals surface area contributed by atoms with Crippen molar-refractivity contribution in [2.75, 3.05) is 33.2 Å². The number of hydrogen-bond donors (Lipinski definition) is 1. The van der Waals surface area contributed by atoms with Crippen molar-refractivity contribution in [3.63, 3.8) is 0 Å². The van der Waals surface area contributed by atoms with Crippen LogP contribution in [0.5, 0.6) is 0 Å². The molecule has 0 spiro atoms. The van der Waals surface area contributed by atoms with Gasteiger partial charge in [0.15, 0.2) is 0 Å². The molecule has 0 saturated heterocycles. The van der Waals surface area contributed by atoms with Gasteiger partial charge in [-0.1, -0.05) is 24.6 Å². The normalized spacial score (nSPS) is 11.1. The van der Waals surface area contributed by atoms with Crippen LogP contribution in [-0.4, -0.2) is 38.1 Å². The molecule has 1 rings (SSSR count). The van der Waals surface area contributed by atoms with E-state index in [0.717, 1.165) is 26.2 Å². The van der Waals surface area contributed by atoms with Gasteiger partial charge >= 0.3 is 0 Å². The minimum absolute atomic E-state index is 0.218. The molecule has 1 aromatic carbocycles. The highest BCUT2D eigenvalue weighted by Gasteiger charge is 2.05. The lowest BCUT2D eigenvalue weighted by molar-refractivity contribution is 0.349. The summed E-state index contributed by atoms with van der Waals surface area (Å²) in [5.74, 6) is -0.218. The van der Waals surface area contributed by atoms with Crippen molar-refractivity contribution in [3.05, 3.63) is 34.6 Å². The average Bonchev–Trinajstić information content (AvgIpc) is 2.31. The molecule has 0 radical (unpaired) electrons. The predicted octanol–water partition coefficient (Wildman–Crippen LogP) is 2.56. The summed E-state index contributed by atoms with van der Waals surface area (Å²) in [5, 5.41) is 3.80. The van der Waals surface area contributed by atoms with Crippen LogP contribution in [0, 0.1) is 5.82 Å². The maximum atomic E-state index is 13.4. The van der Waals surface area contributed by atoms with Gasteiger partial charge in [0, 0.05) is 23.7 Å². The maximum absolute atomic E-state index is 13.4. The van der Waals surface area contributed by atoms with Crippen molar-refractivity contribution in [1.82, 2.24) is 10.2 Å². The van der Waals surface area contributed by atoms with Gasteiger partial charge < -0.3 is 10.2 Å². The molecule has 2 nitrogen and oxygen atoms in total. The van der Waals surface area contributed by atoms with E-state index in [1.807, 2.05) is 0 Å². The van der Waals surface area contributed by atoms with Gasteiger partial charge in [0.2, 0.25) is 0 Å². The molecular formula is C13H20ClFN2. The van der Waals surface area contributed by atoms with E-state index in [9.17, 15) is 4.39 Å². The Balaban J connectivity index is 2.27. The second-order valence-electron chi connectivity index (χ2n) is 4.10. The molecule has 0 bridgehead atoms. The van der Waals surface area contributed by atoms with Crippen LogP contribution < -0.4 is 5.32 Å². The summed E-state index contributed by atoms with van der Waals surface area (Å²) >= 11 is 5.94. The Hall–Kier alpha value is -0.640. The van der Waals surface area contributed by atoms with Crippen molar-refractivity contribution < 1.29 is 4.39 Å². The first kappa shape index (κ1) is 14.4. The Morgan fingerprint density at radius 1 is 1.35 bits per heavy atom. The first-order valence-corrected chi connectivity index (χ1v) is 6.35. The molecular weight excluding hydrogens is 239 g/mol. The lowest BCUT2D eigenvalue weighted by Crippen LogP contribution is -2.30. The SMILES string of the molecule is CCN(C)CCNCCc1c(F)cccc1Cl. The summed E-state index contributed by atoms with van der Waals surface area (Å²) < 4.78 is 13.4. The first-order chi connectivity index (χ1) is 8.15. The number of benzene rings is 1. The molecule has 4 heteroatoms. The van der Waals surface area contributed by atoms with Gasteiger partial charge in [-0.25, -0.2) is 4.39 Å². The minimum Gasteiger partial charge on any atom is -0.315 e. The van der Waals surface area contributed by atoms with Gasteiger partial charge in [-0.15, -0.1) is 0 Å². The number of nitrogens with zero attached hydrogens (tertiary/aromatic N) is 1. The molecule has 0 aliphatic rings. The van der Waals surface area contributed by atoms with Crippen molar-refractivity contribution in [2.24, 2.45) is 0 Å². The lowest BCUT2D eigenvalue weighted by Gasteiger charge is -2.14. The Morgan fingerprint density at radius 2 is 2.12 bits per heavy atom. The summed E-state index contributed by atoms with van der Waals surface area (Å²) in [6, 6.07) is 4.81. The smallest absolute Gasteiger partial charge is 0.127 e. The fraction of sp³-hybridized carbons (Fsp3) is 0.538. The molecule has 1 aromatic rings. The Kier molecular flexibility index (Phi) is 6.48. The van der Waals surface area contributed by atoms with Crippen LogP contribution in [0.25, 0.3) is 0 Å². The van der Waals surface area contributed by atoms with Crippen LogP contribution in [0.1, 0.15) is 12.5 Å². The molecule has 0 amide bonds. The molecule has 0 aliphatic heterocycles. The van der Waals surface area contributed by atoms with E-state index < -0.39 is 0 Å². The Bertz CT molecular complexity index is 324. The van der Waals surface area contributed by atoms with Crippen molar-refractivity contribution in [1.29, 1.82) is 0 Å². The third-order valence-corrected chi connectivity index (χ3v) is 3.18. The molecule has 0 saturated carbocycles. The van der Waals surface area contributed by atoms with E-state index in [1.165, 1.54) is 6.07 Å². The van der Waals surface area contributed by atoms with Gasteiger partial charge in [0.1, 0.15) is 5.82 Å². The van der Waals surface area contributed by atoms with Gasteiger partial charge in [-0.3, -0.25) is 0 Å². The maximum Gasteiger partial charge on any atom is 0.127 e. The van der Waals surface area contributed by atoms with E-state index in [4.69, 9.17) is 11.6 Å². The molecule has 0 unspecified atom stereocenters. The van der Waals surface area contributed by atoms with Crippen LogP contribution in [-0.2, 0) is 6.42 Å². The highest BCUT2D eigenvalue weighted by molar-refractivity contribution is 6.31. The molecule has 1 N–H and O–H groups in total. The van der Waals surface area contributed by atoms with Gasteiger partial charge in [-0.2, -0.15) is 0 Å². The van der Waals surface area contributed by atoms with Crippen LogP contribution >= 0.6 is 11.6 Å². The quantitative estimate of drug-likeness (QED) is 0.757. The standard InChI is InChI=1S/C13H20ClFN2/c1-3-17(2)10-9-16-8-7-11-12(14)5-4-6-13(11)15/h4-6,16H,3,7-10H2,1-2H3. The number of hydrogen-bond acceptors (Lipinski definition) is 2. The molecule has 0 aromatic heterocycles. The number of likely N-dealkylation sites (N-methyl/N-ethyl adjacent to an activating group) is 1. The fourth-order valence-electron chi connectivity index (χ4n) is 1.54. The molecule has 96 valence electrons. The Morgan fingerprint density at radius 3 is 2.76 bits per heavy atom. The van der Waals surface area contributed by atoms with Crippen molar-refractivity contribution >= 4 is 11.6 Å². The topological polar surface area (TPSA) is 15.3 Å². The average molecular weight is 259 g/mol. The zero-order valence-corrected chi connectivity index (χ0v) is 11.2. The molecule has 0 atom stereocenters. The molecule has 0 aliphatic carbocycles. The summed E-state index contributed by atoms with van der Waals surface area (Å²) in [5.41, 5.74) is 0.602. The lowest BCUT2D eigenvalue weighted by atomic mass is 10.1. The number of halogens is 2. The third-order valence-electron chi connectivity index (χ3n) is 2.82. The number of rotatable bonds is 7. The summed E-state index contributed by atoms with van der Waals surface area (Å²) in [6.07, 6.45) is 0.626. The second kappa shape index (κ2) is 7.64. The molecule has 0 fully saturated rings. The molecule has 17 heavy (non-hydrogen) atoms. The van der Waals surface area contributed by atoms with E-state index in [-0.39, 0.29) is 5.82 Å². The van der Waals surface area contributed by atoms with E-state index >= 15 is 0 Å². The monoisotopic (exact) mass is 258 g/mol. The Labute approximate surface area is 108 Å². The zero-order valence-electron chi connectivity index (χ0n) is 10.5. The molecule has 0 heterocycles. The zero-order chi connectivity index (χ0) is 12.7. The third kappa shape index (κ3) is 5.02. The summed E-state index contributed by atoms with van der Waals surface area (Å²) in [6.45, 7) is 5.83. The van der Waals surface area contributed by atoms with Gasteiger partial charge in [0.25, 0.3) is 0 Å². The van der Waals surface area contributed by atoms with Crippen LogP contribution in [0.15, 0.2) is 18.2 Å². The van der Waals surface area contributed by atoms with Gasteiger partial charge in [0.05, 0.1) is 0 Å². The fourth-order valence-corrected chi connectivity index (χ4v) is 1.80. The highest BCUT2D eigenvalue weighted by atomic mass is 35.5. The van der Waals surface area contributed by atoms with Crippen molar-refractivity contribution in [3.8, 4) is 0 Å². The van der Waals surface area contributed by atoms with Crippen LogP contribution in [0.4, 0.5) is 4.39 Å². The van der Waals surface area contributed by atoms with E-state index in [0.29, 0.717) is 17.0 Å². The van der Waals surface area contributed by atoms with Crippen LogP contribution in [0.3, 0.4) is 0 Å². The van der Waals surface area contributed by atoms with Crippen molar-refractivity contribution in [2.45, 2.75) is 13.3 Å².